The van der Waals surface area contributed by atoms with Gasteiger partial charge in [-0.05, 0) is 42.8 Å². The standard InChI is InChI=1S/C14H12FNO/c1-9-2-3-11(8-13(9)15)14(17)10-4-6-12(16)7-5-10/h2-8H,16H2,1H3. The van der Waals surface area contributed by atoms with Crippen molar-refractivity contribution in [2.24, 2.45) is 0 Å². The molecule has 2 aromatic rings. The first-order valence-electron chi connectivity index (χ1n) is 5.24. The molecule has 0 saturated carbocycles. The average molecular weight is 229 g/mol. The van der Waals surface area contributed by atoms with Gasteiger partial charge in [0, 0.05) is 16.8 Å². The molecule has 86 valence electrons. The summed E-state index contributed by atoms with van der Waals surface area (Å²) in [4.78, 5) is 12.0. The molecule has 2 aromatic carbocycles. The maximum atomic E-state index is 13.3. The molecule has 3 heteroatoms. The summed E-state index contributed by atoms with van der Waals surface area (Å²) in [6, 6.07) is 11.0. The first kappa shape index (κ1) is 11.3. The lowest BCUT2D eigenvalue weighted by atomic mass is 10.0. The van der Waals surface area contributed by atoms with Crippen molar-refractivity contribution in [2.75, 3.05) is 5.73 Å². The van der Waals surface area contributed by atoms with Crippen LogP contribution in [0.5, 0.6) is 0 Å². The van der Waals surface area contributed by atoms with Crippen LogP contribution >= 0.6 is 0 Å². The number of hydrogen-bond acceptors (Lipinski definition) is 2. The van der Waals surface area contributed by atoms with Crippen LogP contribution in [0.25, 0.3) is 0 Å². The second-order valence-corrected chi connectivity index (χ2v) is 3.92. The highest BCUT2D eigenvalue weighted by molar-refractivity contribution is 6.09. The topological polar surface area (TPSA) is 43.1 Å². The van der Waals surface area contributed by atoms with Gasteiger partial charge in [-0.25, -0.2) is 4.39 Å². The summed E-state index contributed by atoms with van der Waals surface area (Å²) in [7, 11) is 0. The fourth-order valence-corrected chi connectivity index (χ4v) is 1.54. The van der Waals surface area contributed by atoms with Gasteiger partial charge in [0.25, 0.3) is 0 Å². The lowest BCUT2D eigenvalue weighted by molar-refractivity contribution is 0.103. The minimum Gasteiger partial charge on any atom is -0.399 e. The quantitative estimate of drug-likeness (QED) is 0.635. The van der Waals surface area contributed by atoms with E-state index < -0.39 is 0 Å². The summed E-state index contributed by atoms with van der Waals surface area (Å²) < 4.78 is 13.3. The molecule has 0 atom stereocenters. The molecule has 0 bridgehead atoms. The lowest BCUT2D eigenvalue weighted by Crippen LogP contribution is -2.02. The van der Waals surface area contributed by atoms with E-state index in [-0.39, 0.29) is 11.6 Å². The number of hydrogen-bond donors (Lipinski definition) is 1. The Morgan fingerprint density at radius 2 is 1.65 bits per heavy atom. The Kier molecular flexibility index (Phi) is 2.91. The molecular formula is C14H12FNO. The molecular weight excluding hydrogens is 217 g/mol. The van der Waals surface area contributed by atoms with E-state index >= 15 is 0 Å². The van der Waals surface area contributed by atoms with Gasteiger partial charge in [0.05, 0.1) is 0 Å². The van der Waals surface area contributed by atoms with Gasteiger partial charge in [0.2, 0.25) is 0 Å². The van der Waals surface area contributed by atoms with Gasteiger partial charge in [-0.1, -0.05) is 12.1 Å². The highest BCUT2D eigenvalue weighted by Gasteiger charge is 2.10. The molecule has 0 fully saturated rings. The van der Waals surface area contributed by atoms with Gasteiger partial charge in [-0.15, -0.1) is 0 Å². The maximum absolute atomic E-state index is 13.3. The molecule has 0 amide bonds. The van der Waals surface area contributed by atoms with Crippen molar-refractivity contribution < 1.29 is 9.18 Å². The number of carbonyl (C=O) groups excluding carboxylic acids is 1. The number of benzene rings is 2. The van der Waals surface area contributed by atoms with Crippen LogP contribution in [0.15, 0.2) is 42.5 Å². The van der Waals surface area contributed by atoms with Gasteiger partial charge in [0.15, 0.2) is 5.78 Å². The second-order valence-electron chi connectivity index (χ2n) is 3.92. The number of aryl methyl sites for hydroxylation is 1. The fraction of sp³-hybridized carbons (Fsp3) is 0.0714. The number of anilines is 1. The zero-order valence-corrected chi connectivity index (χ0v) is 9.41. The van der Waals surface area contributed by atoms with E-state index in [2.05, 4.69) is 0 Å². The van der Waals surface area contributed by atoms with Crippen molar-refractivity contribution in [3.05, 3.63) is 65.0 Å². The van der Waals surface area contributed by atoms with Gasteiger partial charge in [-0.3, -0.25) is 4.79 Å². The van der Waals surface area contributed by atoms with Gasteiger partial charge >= 0.3 is 0 Å². The number of halogens is 1. The van der Waals surface area contributed by atoms with Crippen LogP contribution < -0.4 is 5.73 Å². The molecule has 0 aliphatic heterocycles. The molecule has 0 radical (unpaired) electrons. The summed E-state index contributed by atoms with van der Waals surface area (Å²) in [5, 5.41) is 0. The molecule has 0 saturated heterocycles. The van der Waals surface area contributed by atoms with Crippen LogP contribution in [-0.4, -0.2) is 5.78 Å². The largest absolute Gasteiger partial charge is 0.399 e. The van der Waals surface area contributed by atoms with Gasteiger partial charge < -0.3 is 5.73 Å². The molecule has 0 unspecified atom stereocenters. The summed E-state index contributed by atoms with van der Waals surface area (Å²) in [6.45, 7) is 1.66. The molecule has 0 aliphatic carbocycles. The third-order valence-corrected chi connectivity index (χ3v) is 2.61. The normalized spacial score (nSPS) is 10.2. The SMILES string of the molecule is Cc1ccc(C(=O)c2ccc(N)cc2)cc1F. The van der Waals surface area contributed by atoms with E-state index in [1.807, 2.05) is 0 Å². The van der Waals surface area contributed by atoms with Crippen molar-refractivity contribution in [1.82, 2.24) is 0 Å². The first-order chi connectivity index (χ1) is 8.08. The Morgan fingerprint density at radius 1 is 1.06 bits per heavy atom. The van der Waals surface area contributed by atoms with E-state index in [0.29, 0.717) is 22.4 Å². The third kappa shape index (κ3) is 2.33. The van der Waals surface area contributed by atoms with Gasteiger partial charge in [0.1, 0.15) is 5.82 Å². The first-order valence-corrected chi connectivity index (χ1v) is 5.24. The second kappa shape index (κ2) is 4.37. The number of carbonyl (C=O) groups is 1. The van der Waals surface area contributed by atoms with Crippen molar-refractivity contribution in [3.63, 3.8) is 0 Å². The van der Waals surface area contributed by atoms with E-state index in [1.165, 1.54) is 6.07 Å². The molecule has 0 spiro atoms. The Balaban J connectivity index is 2.37. The van der Waals surface area contributed by atoms with E-state index in [1.54, 1.807) is 43.3 Å². The molecule has 2 N–H and O–H groups in total. The zero-order chi connectivity index (χ0) is 12.4. The average Bonchev–Trinajstić information content (AvgIpc) is 2.33. The Labute approximate surface area is 98.9 Å². The number of ketones is 1. The van der Waals surface area contributed by atoms with Crippen LogP contribution in [0.4, 0.5) is 10.1 Å². The monoisotopic (exact) mass is 229 g/mol. The van der Waals surface area contributed by atoms with E-state index in [4.69, 9.17) is 5.73 Å². The summed E-state index contributed by atoms with van der Waals surface area (Å²) >= 11 is 0. The predicted molar refractivity (Wildman–Crippen MR) is 65.4 cm³/mol. The summed E-state index contributed by atoms with van der Waals surface area (Å²) in [6.07, 6.45) is 0. The Morgan fingerprint density at radius 3 is 2.24 bits per heavy atom. The minimum atomic E-state index is -0.369. The summed E-state index contributed by atoms with van der Waals surface area (Å²) in [5.74, 6) is -0.574. The smallest absolute Gasteiger partial charge is 0.193 e. The van der Waals surface area contributed by atoms with Crippen LogP contribution in [0.1, 0.15) is 21.5 Å². The third-order valence-electron chi connectivity index (χ3n) is 2.61. The van der Waals surface area contributed by atoms with Crippen molar-refractivity contribution in [3.8, 4) is 0 Å². The number of rotatable bonds is 2. The van der Waals surface area contributed by atoms with Crippen molar-refractivity contribution in [2.45, 2.75) is 6.92 Å². The van der Waals surface area contributed by atoms with Crippen molar-refractivity contribution in [1.29, 1.82) is 0 Å². The molecule has 0 aromatic heterocycles. The highest BCUT2D eigenvalue weighted by atomic mass is 19.1. The maximum Gasteiger partial charge on any atom is 0.193 e. The number of nitrogen functional groups attached to an aromatic ring is 1. The molecule has 0 heterocycles. The number of nitrogens with two attached hydrogens (primary N) is 1. The lowest BCUT2D eigenvalue weighted by Gasteiger charge is -2.03. The molecule has 2 nitrogen and oxygen atoms in total. The van der Waals surface area contributed by atoms with E-state index in [0.717, 1.165) is 0 Å². The minimum absolute atomic E-state index is 0.205. The molecule has 2 rings (SSSR count). The fourth-order valence-electron chi connectivity index (χ4n) is 1.54. The summed E-state index contributed by atoms with van der Waals surface area (Å²) in [5.41, 5.74) is 7.51. The van der Waals surface area contributed by atoms with Crippen LogP contribution in [0.3, 0.4) is 0 Å². The van der Waals surface area contributed by atoms with Crippen molar-refractivity contribution >= 4 is 11.5 Å². The Bertz CT molecular complexity index is 561. The zero-order valence-electron chi connectivity index (χ0n) is 9.41. The highest BCUT2D eigenvalue weighted by Crippen LogP contribution is 2.15. The Hall–Kier alpha value is -2.16. The van der Waals surface area contributed by atoms with Crippen LogP contribution in [0, 0.1) is 12.7 Å². The van der Waals surface area contributed by atoms with E-state index in [9.17, 15) is 9.18 Å². The van der Waals surface area contributed by atoms with Crippen LogP contribution in [-0.2, 0) is 0 Å². The van der Waals surface area contributed by atoms with Crippen LogP contribution in [0.2, 0.25) is 0 Å². The molecule has 0 aliphatic rings. The molecule has 17 heavy (non-hydrogen) atoms. The van der Waals surface area contributed by atoms with Gasteiger partial charge in [-0.2, -0.15) is 0 Å². The predicted octanol–water partition coefficient (Wildman–Crippen LogP) is 2.95.